The van der Waals surface area contributed by atoms with Crippen molar-refractivity contribution in [1.82, 2.24) is 14.5 Å². The van der Waals surface area contributed by atoms with Gasteiger partial charge in [0, 0.05) is 48.8 Å². The van der Waals surface area contributed by atoms with Crippen LogP contribution in [0.1, 0.15) is 51.0 Å². The smallest absolute Gasteiger partial charge is 0.207 e. The van der Waals surface area contributed by atoms with E-state index in [4.69, 9.17) is 15.2 Å². The topological polar surface area (TPSA) is 89.3 Å². The fraction of sp³-hybridized carbons (Fsp3) is 0.462. The molecule has 2 unspecified atom stereocenters. The van der Waals surface area contributed by atoms with Crippen LogP contribution in [0.15, 0.2) is 65.9 Å². The molecule has 0 radical (unpaired) electrons. The Morgan fingerprint density at radius 1 is 1.21 bits per heavy atom. The summed E-state index contributed by atoms with van der Waals surface area (Å²) in [6.45, 7) is 5.20. The fourth-order valence-electron chi connectivity index (χ4n) is 5.19. The zero-order valence-electron chi connectivity index (χ0n) is 19.5. The van der Waals surface area contributed by atoms with Gasteiger partial charge in [0.15, 0.2) is 5.88 Å². The Morgan fingerprint density at radius 3 is 2.55 bits per heavy atom. The quantitative estimate of drug-likeness (QED) is 0.717. The first-order valence-corrected chi connectivity index (χ1v) is 11.7. The number of benzene rings is 1. The first kappa shape index (κ1) is 21.6. The molecule has 3 heterocycles. The van der Waals surface area contributed by atoms with E-state index in [1.165, 1.54) is 0 Å². The van der Waals surface area contributed by atoms with Crippen molar-refractivity contribution < 1.29 is 9.47 Å². The number of hydrogen-bond acceptors (Lipinski definition) is 6. The van der Waals surface area contributed by atoms with Crippen LogP contribution in [0.5, 0.6) is 0 Å². The average molecular weight is 446 g/mol. The van der Waals surface area contributed by atoms with Gasteiger partial charge in [0.2, 0.25) is 5.88 Å². The Kier molecular flexibility index (Phi) is 5.41. The molecule has 0 amide bonds. The first-order valence-electron chi connectivity index (χ1n) is 11.7. The lowest BCUT2D eigenvalue weighted by Crippen LogP contribution is -2.40. The minimum atomic E-state index is -0.342. The number of nitrogens with two attached hydrogens (primary N) is 1. The summed E-state index contributed by atoms with van der Waals surface area (Å²) in [6.07, 6.45) is 9.81. The Bertz CT molecular complexity index is 1110. The summed E-state index contributed by atoms with van der Waals surface area (Å²) in [5.74, 6) is 0.671. The molecule has 0 bridgehead atoms. The molecule has 2 aliphatic heterocycles. The van der Waals surface area contributed by atoms with E-state index in [0.29, 0.717) is 11.6 Å². The summed E-state index contributed by atoms with van der Waals surface area (Å²) >= 11 is 0. The average Bonchev–Trinajstić information content (AvgIpc) is 3.27. The highest BCUT2D eigenvalue weighted by atomic mass is 16.5. The Morgan fingerprint density at radius 2 is 1.97 bits per heavy atom. The molecule has 2 atom stereocenters. The van der Waals surface area contributed by atoms with Crippen molar-refractivity contribution in [3.05, 3.63) is 71.5 Å². The molecule has 3 aliphatic rings. The maximum absolute atomic E-state index is 10.1. The van der Waals surface area contributed by atoms with Crippen LogP contribution in [0.2, 0.25) is 0 Å². The molecule has 1 aliphatic carbocycles. The van der Waals surface area contributed by atoms with E-state index >= 15 is 0 Å². The van der Waals surface area contributed by atoms with Crippen LogP contribution < -0.4 is 5.73 Å². The summed E-state index contributed by atoms with van der Waals surface area (Å²) in [4.78, 5) is 6.35. The van der Waals surface area contributed by atoms with Crippen LogP contribution in [-0.4, -0.2) is 40.3 Å². The molecule has 7 heteroatoms. The second kappa shape index (κ2) is 8.27. The molecule has 2 aromatic rings. The number of imidazole rings is 1. The Labute approximate surface area is 195 Å². The summed E-state index contributed by atoms with van der Waals surface area (Å²) < 4.78 is 14.4. The predicted octanol–water partition coefficient (Wildman–Crippen LogP) is 4.19. The summed E-state index contributed by atoms with van der Waals surface area (Å²) in [5.41, 5.74) is 9.58. The summed E-state index contributed by atoms with van der Waals surface area (Å²) in [5, 5.41) is 10.1. The van der Waals surface area contributed by atoms with Crippen LogP contribution in [0, 0.1) is 16.7 Å². The lowest BCUT2D eigenvalue weighted by Gasteiger charge is -2.43. The van der Waals surface area contributed by atoms with E-state index in [2.05, 4.69) is 61.1 Å². The highest BCUT2D eigenvalue weighted by Gasteiger charge is 2.47. The van der Waals surface area contributed by atoms with Gasteiger partial charge in [-0.1, -0.05) is 26.0 Å². The van der Waals surface area contributed by atoms with Gasteiger partial charge in [-0.05, 0) is 43.4 Å². The lowest BCUT2D eigenvalue weighted by molar-refractivity contribution is 0.0272. The maximum Gasteiger partial charge on any atom is 0.207 e. The third-order valence-corrected chi connectivity index (χ3v) is 7.27. The van der Waals surface area contributed by atoms with E-state index in [0.717, 1.165) is 55.0 Å². The van der Waals surface area contributed by atoms with Gasteiger partial charge < -0.3 is 24.7 Å². The number of ether oxygens (including phenoxy) is 2. The third kappa shape index (κ3) is 3.79. The van der Waals surface area contributed by atoms with Crippen molar-refractivity contribution in [3.63, 3.8) is 0 Å². The second-order valence-electron chi connectivity index (χ2n) is 9.77. The molecule has 7 nitrogen and oxygen atoms in total. The Balaban J connectivity index is 1.65. The number of hydrogen-bond donors (Lipinski definition) is 1. The highest BCUT2D eigenvalue weighted by molar-refractivity contribution is 5.52. The van der Waals surface area contributed by atoms with E-state index in [1.807, 2.05) is 10.8 Å². The molecule has 2 fully saturated rings. The molecule has 1 saturated heterocycles. The van der Waals surface area contributed by atoms with Crippen molar-refractivity contribution in [2.45, 2.75) is 57.6 Å². The van der Waals surface area contributed by atoms with Gasteiger partial charge in [-0.3, -0.25) is 0 Å². The molecule has 1 saturated carbocycles. The van der Waals surface area contributed by atoms with Crippen LogP contribution >= 0.6 is 0 Å². The van der Waals surface area contributed by atoms with Gasteiger partial charge >= 0.3 is 0 Å². The van der Waals surface area contributed by atoms with Crippen molar-refractivity contribution in [1.29, 1.82) is 5.26 Å². The number of nitriles is 1. The highest BCUT2D eigenvalue weighted by Crippen LogP contribution is 2.52. The first-order chi connectivity index (χ1) is 15.9. The van der Waals surface area contributed by atoms with Gasteiger partial charge in [0.25, 0.3) is 0 Å². The lowest BCUT2D eigenvalue weighted by atomic mass is 9.68. The summed E-state index contributed by atoms with van der Waals surface area (Å²) in [7, 11) is 2.07. The van der Waals surface area contributed by atoms with Crippen molar-refractivity contribution in [2.24, 2.45) is 11.1 Å². The van der Waals surface area contributed by atoms with Crippen LogP contribution in [0.4, 0.5) is 0 Å². The minimum Gasteiger partial charge on any atom is -0.424 e. The normalized spacial score (nSPS) is 23.5. The van der Waals surface area contributed by atoms with E-state index in [9.17, 15) is 5.26 Å². The zero-order chi connectivity index (χ0) is 23.2. The van der Waals surface area contributed by atoms with Gasteiger partial charge in [0.05, 0.1) is 18.3 Å². The monoisotopic (exact) mass is 445 g/mol. The van der Waals surface area contributed by atoms with Gasteiger partial charge in [-0.2, -0.15) is 5.26 Å². The number of allylic oxidation sites excluding steroid dienone is 1. The molecule has 33 heavy (non-hydrogen) atoms. The summed E-state index contributed by atoms with van der Waals surface area (Å²) in [6, 6.07) is 11.1. The maximum atomic E-state index is 10.1. The molecule has 172 valence electrons. The van der Waals surface area contributed by atoms with E-state index in [1.54, 1.807) is 12.5 Å². The number of rotatable bonds is 6. The van der Waals surface area contributed by atoms with Crippen LogP contribution in [-0.2, 0) is 9.47 Å². The molecule has 1 aromatic carbocycles. The largest absolute Gasteiger partial charge is 0.424 e. The third-order valence-electron chi connectivity index (χ3n) is 7.27. The van der Waals surface area contributed by atoms with Gasteiger partial charge in [-0.15, -0.1) is 0 Å². The number of nitrogens with zero attached hydrogens (tertiary/aromatic N) is 4. The van der Waals surface area contributed by atoms with Crippen LogP contribution in [0.3, 0.4) is 0 Å². The van der Waals surface area contributed by atoms with Crippen LogP contribution in [0.25, 0.3) is 5.69 Å². The molecule has 1 aromatic heterocycles. The molecule has 0 spiro atoms. The molecule has 5 rings (SSSR count). The Hall–Kier alpha value is -3.24. The molecule has 2 N–H and O–H groups in total. The standard InChI is InChI=1S/C26H31N5O2/c1-26(2,21-5-4-14-32-21)23-22(17-6-8-19(9-7-17)31-13-12-29-16-31)20(15-27)24(28)33-25(23)30(3)18-10-11-18/h6-9,12-13,16,18,21-22H,4-5,10-11,14,28H2,1-3H3. The molecular formula is C26H31N5O2. The fourth-order valence-corrected chi connectivity index (χ4v) is 5.19. The van der Waals surface area contributed by atoms with E-state index in [-0.39, 0.29) is 23.3 Å². The van der Waals surface area contributed by atoms with Crippen molar-refractivity contribution in [2.75, 3.05) is 13.7 Å². The van der Waals surface area contributed by atoms with E-state index < -0.39 is 0 Å². The second-order valence-corrected chi connectivity index (χ2v) is 9.77. The van der Waals surface area contributed by atoms with Crippen molar-refractivity contribution in [3.8, 4) is 11.8 Å². The number of aromatic nitrogens is 2. The predicted molar refractivity (Wildman–Crippen MR) is 125 cm³/mol. The molecular weight excluding hydrogens is 414 g/mol. The zero-order valence-corrected chi connectivity index (χ0v) is 19.5. The van der Waals surface area contributed by atoms with Gasteiger partial charge in [-0.25, -0.2) is 4.98 Å². The van der Waals surface area contributed by atoms with Crippen molar-refractivity contribution >= 4 is 0 Å². The van der Waals surface area contributed by atoms with Gasteiger partial charge in [0.1, 0.15) is 11.6 Å². The minimum absolute atomic E-state index is 0.0608. The SMILES string of the molecule is CN(C1=C(C(C)(C)C2CCCO2)C(c2ccc(-n3ccnc3)cc2)C(C#N)=C(N)O1)C1CC1.